The normalized spacial score (nSPS) is 11.2. The van der Waals surface area contributed by atoms with Crippen molar-refractivity contribution in [1.82, 2.24) is 5.32 Å². The molecule has 0 aliphatic rings. The van der Waals surface area contributed by atoms with Gasteiger partial charge in [0.1, 0.15) is 17.0 Å². The van der Waals surface area contributed by atoms with E-state index in [0.717, 1.165) is 13.1 Å². The second kappa shape index (κ2) is 7.57. The number of halogens is 3. The Kier molecular flexibility index (Phi) is 6.04. The van der Waals surface area contributed by atoms with Crippen molar-refractivity contribution in [3.05, 3.63) is 50.5 Å². The Hall–Kier alpha value is -2.91. The fourth-order valence-corrected chi connectivity index (χ4v) is 1.85. The number of carbonyl (C=O) groups excluding carboxylic acids is 2. The van der Waals surface area contributed by atoms with Crippen molar-refractivity contribution < 1.29 is 32.4 Å². The number of carbonyl (C=O) groups is 2. The molecule has 1 aromatic rings. The van der Waals surface area contributed by atoms with Gasteiger partial charge in [-0.25, -0.2) is 13.6 Å². The third-order valence-corrected chi connectivity index (χ3v) is 2.95. The van der Waals surface area contributed by atoms with Crippen LogP contribution in [0.25, 0.3) is 0 Å². The average Bonchev–Trinajstić information content (AvgIpc) is 2.52. The van der Waals surface area contributed by atoms with Gasteiger partial charge in [0.25, 0.3) is 0 Å². The topological polar surface area (TPSA) is 98.5 Å². The number of ether oxygens (including phenoxy) is 1. The van der Waals surface area contributed by atoms with Crippen LogP contribution in [0.5, 0.6) is 0 Å². The van der Waals surface area contributed by atoms with Crippen LogP contribution in [0.3, 0.4) is 0 Å². The van der Waals surface area contributed by atoms with Crippen LogP contribution < -0.4 is 5.32 Å². The Bertz CT molecular complexity index is 747. The molecule has 24 heavy (non-hydrogen) atoms. The predicted octanol–water partition coefficient (Wildman–Crippen LogP) is 2.17. The molecule has 10 heteroatoms. The molecular formula is C14H13F3N2O5. The van der Waals surface area contributed by atoms with Gasteiger partial charge in [-0.2, -0.15) is 4.39 Å². The van der Waals surface area contributed by atoms with Crippen molar-refractivity contribution in [2.75, 3.05) is 13.7 Å². The molecule has 0 aliphatic heterocycles. The molecule has 1 rings (SSSR count). The van der Waals surface area contributed by atoms with E-state index in [0.29, 0.717) is 0 Å². The summed E-state index contributed by atoms with van der Waals surface area (Å²) in [7, 11) is 1.30. The van der Waals surface area contributed by atoms with E-state index in [1.54, 1.807) is 0 Å². The highest BCUT2D eigenvalue weighted by molar-refractivity contribution is 6.25. The number of rotatable bonds is 6. The lowest BCUT2D eigenvalue weighted by Gasteiger charge is -2.10. The van der Waals surface area contributed by atoms with Gasteiger partial charge in [-0.15, -0.1) is 0 Å². The van der Waals surface area contributed by atoms with Crippen LogP contribution in [-0.4, -0.2) is 30.3 Å². The van der Waals surface area contributed by atoms with Gasteiger partial charge in [0.2, 0.25) is 11.6 Å². The minimum atomic E-state index is -1.99. The van der Waals surface area contributed by atoms with Gasteiger partial charge in [0, 0.05) is 18.8 Å². The van der Waals surface area contributed by atoms with E-state index in [-0.39, 0.29) is 6.61 Å². The third kappa shape index (κ3) is 3.36. The summed E-state index contributed by atoms with van der Waals surface area (Å²) in [6.07, 6.45) is 0.820. The van der Waals surface area contributed by atoms with Crippen LogP contribution >= 0.6 is 0 Å². The van der Waals surface area contributed by atoms with Gasteiger partial charge in [-0.3, -0.25) is 14.9 Å². The highest BCUT2D eigenvalue weighted by Gasteiger charge is 2.37. The minimum absolute atomic E-state index is 0.130. The molecule has 0 heterocycles. The molecule has 7 nitrogen and oxygen atoms in total. The number of nitro benzene ring substituents is 1. The van der Waals surface area contributed by atoms with E-state index >= 15 is 0 Å². The number of ketones is 1. The largest absolute Gasteiger partial charge is 0.462 e. The number of nitrogens with one attached hydrogen (secondary N) is 1. The fourth-order valence-electron chi connectivity index (χ4n) is 1.85. The number of Topliss-reactive ketones (excluding diaryl/α,β-unsaturated/α-hetero) is 1. The molecule has 0 aliphatic carbocycles. The van der Waals surface area contributed by atoms with Crippen molar-refractivity contribution >= 4 is 17.4 Å². The summed E-state index contributed by atoms with van der Waals surface area (Å²) >= 11 is 0. The number of nitro groups is 1. The molecule has 0 saturated carbocycles. The van der Waals surface area contributed by atoms with Crippen LogP contribution in [0.4, 0.5) is 18.9 Å². The second-order valence-corrected chi connectivity index (χ2v) is 4.44. The van der Waals surface area contributed by atoms with Crippen LogP contribution in [0.2, 0.25) is 0 Å². The van der Waals surface area contributed by atoms with E-state index < -0.39 is 56.5 Å². The van der Waals surface area contributed by atoms with E-state index in [4.69, 9.17) is 0 Å². The second-order valence-electron chi connectivity index (χ2n) is 4.44. The number of hydrogen-bond donors (Lipinski definition) is 1. The number of benzene rings is 1. The average molecular weight is 346 g/mol. The molecule has 0 saturated heterocycles. The molecule has 0 aromatic heterocycles. The van der Waals surface area contributed by atoms with Gasteiger partial charge >= 0.3 is 11.7 Å². The number of esters is 1. The van der Waals surface area contributed by atoms with Crippen molar-refractivity contribution in [3.8, 4) is 0 Å². The zero-order valence-electron chi connectivity index (χ0n) is 12.9. The smallest absolute Gasteiger partial charge is 0.343 e. The summed E-state index contributed by atoms with van der Waals surface area (Å²) in [6, 6.07) is 0. The standard InChI is InChI=1S/C14H13F3N2O5/c1-4-24-14(21)7(5-18-3)13(20)8-9(15)6(2)10(16)11(17)12(8)19(22)23/h5,18H,4H2,1-3H3/b7-5+. The monoisotopic (exact) mass is 346 g/mol. The Morgan fingerprint density at radius 2 is 1.83 bits per heavy atom. The highest BCUT2D eigenvalue weighted by Crippen LogP contribution is 2.32. The Morgan fingerprint density at radius 1 is 1.25 bits per heavy atom. The van der Waals surface area contributed by atoms with Crippen LogP contribution in [0.15, 0.2) is 11.8 Å². The highest BCUT2D eigenvalue weighted by atomic mass is 19.2. The maximum atomic E-state index is 14.2. The van der Waals surface area contributed by atoms with E-state index in [1.807, 2.05) is 0 Å². The zero-order chi connectivity index (χ0) is 18.6. The Balaban J connectivity index is 3.71. The summed E-state index contributed by atoms with van der Waals surface area (Å²) in [5, 5.41) is 13.3. The first-order valence-electron chi connectivity index (χ1n) is 6.59. The summed E-state index contributed by atoms with van der Waals surface area (Å²) in [6.45, 7) is 2.11. The lowest BCUT2D eigenvalue weighted by Crippen LogP contribution is -2.22. The summed E-state index contributed by atoms with van der Waals surface area (Å²) < 4.78 is 46.2. The molecule has 130 valence electrons. The van der Waals surface area contributed by atoms with Gasteiger partial charge in [0.05, 0.1) is 11.5 Å². The SMILES string of the molecule is CCOC(=O)/C(=C/NC)C(=O)c1c(F)c(C)c(F)c(F)c1[N+](=O)[O-]. The van der Waals surface area contributed by atoms with Crippen molar-refractivity contribution in [2.24, 2.45) is 0 Å². The van der Waals surface area contributed by atoms with Crippen molar-refractivity contribution in [3.63, 3.8) is 0 Å². The molecule has 0 atom stereocenters. The molecule has 0 unspecified atom stereocenters. The molecule has 0 amide bonds. The maximum Gasteiger partial charge on any atom is 0.343 e. The van der Waals surface area contributed by atoms with Gasteiger partial charge in [-0.1, -0.05) is 0 Å². The van der Waals surface area contributed by atoms with E-state index in [9.17, 15) is 32.9 Å². The quantitative estimate of drug-likeness (QED) is 0.124. The number of nitrogens with zero attached hydrogens (tertiary/aromatic N) is 1. The zero-order valence-corrected chi connectivity index (χ0v) is 12.9. The Labute approximate surface area is 134 Å². The Morgan fingerprint density at radius 3 is 2.29 bits per heavy atom. The molecule has 1 aromatic carbocycles. The van der Waals surface area contributed by atoms with Gasteiger partial charge < -0.3 is 10.1 Å². The predicted molar refractivity (Wildman–Crippen MR) is 75.8 cm³/mol. The first-order valence-corrected chi connectivity index (χ1v) is 6.59. The van der Waals surface area contributed by atoms with Crippen molar-refractivity contribution in [2.45, 2.75) is 13.8 Å². The summed E-state index contributed by atoms with van der Waals surface area (Å²) in [5.41, 5.74) is -4.77. The van der Waals surface area contributed by atoms with Crippen LogP contribution in [0.1, 0.15) is 22.8 Å². The first kappa shape index (κ1) is 19.1. The molecule has 1 N–H and O–H groups in total. The minimum Gasteiger partial charge on any atom is -0.462 e. The van der Waals surface area contributed by atoms with Gasteiger partial charge in [0.15, 0.2) is 5.82 Å². The molecule has 0 fully saturated rings. The van der Waals surface area contributed by atoms with E-state index in [1.165, 1.54) is 14.0 Å². The molecule has 0 bridgehead atoms. The van der Waals surface area contributed by atoms with Crippen LogP contribution in [-0.2, 0) is 9.53 Å². The van der Waals surface area contributed by atoms with Crippen LogP contribution in [0, 0.1) is 34.5 Å². The lowest BCUT2D eigenvalue weighted by atomic mass is 9.98. The summed E-state index contributed by atoms with van der Waals surface area (Å²) in [5.74, 6) is -8.11. The summed E-state index contributed by atoms with van der Waals surface area (Å²) in [4.78, 5) is 33.7. The van der Waals surface area contributed by atoms with Crippen molar-refractivity contribution in [1.29, 1.82) is 0 Å². The maximum absolute atomic E-state index is 14.2. The third-order valence-electron chi connectivity index (χ3n) is 2.95. The number of hydrogen-bond acceptors (Lipinski definition) is 6. The fraction of sp³-hybridized carbons (Fsp3) is 0.286. The molecular weight excluding hydrogens is 333 g/mol. The molecule has 0 spiro atoms. The first-order chi connectivity index (χ1) is 11.2. The molecule has 0 radical (unpaired) electrons. The van der Waals surface area contributed by atoms with E-state index in [2.05, 4.69) is 10.1 Å². The lowest BCUT2D eigenvalue weighted by molar-refractivity contribution is -0.388. The van der Waals surface area contributed by atoms with Gasteiger partial charge in [-0.05, 0) is 13.8 Å².